The van der Waals surface area contributed by atoms with Crippen LogP contribution in [0.25, 0.3) is 0 Å². The van der Waals surface area contributed by atoms with Gasteiger partial charge in [-0.25, -0.2) is 4.79 Å². The third-order valence-electron chi connectivity index (χ3n) is 5.36. The van der Waals surface area contributed by atoms with Gasteiger partial charge in [0.25, 0.3) is 0 Å². The number of nitrogens with two attached hydrogens (primary N) is 1. The first-order valence-electron chi connectivity index (χ1n) is 11.8. The number of amides is 2. The average Bonchev–Trinajstić information content (AvgIpc) is 2.70. The molecule has 0 saturated carbocycles. The summed E-state index contributed by atoms with van der Waals surface area (Å²) < 4.78 is 0. The van der Waals surface area contributed by atoms with Crippen molar-refractivity contribution in [2.45, 2.75) is 122 Å². The second-order valence-electron chi connectivity index (χ2n) is 8.31. The lowest BCUT2D eigenvalue weighted by Crippen LogP contribution is -2.41. The average molecular weight is 443 g/mol. The minimum absolute atomic E-state index is 0.0171. The van der Waals surface area contributed by atoms with Crippen LogP contribution in [0.3, 0.4) is 0 Å². The summed E-state index contributed by atoms with van der Waals surface area (Å²) in [7, 11) is 0. The number of aliphatic carboxylic acids is 2. The summed E-state index contributed by atoms with van der Waals surface area (Å²) in [4.78, 5) is 44.1. The number of hydrogen-bond donors (Lipinski definition) is 4. The zero-order valence-corrected chi connectivity index (χ0v) is 18.9. The number of carbonyl (C=O) groups is 4. The SMILES string of the molecule is NC(=O)CCC(NC(=O)CCCCCCCCCCCCCCCCC(=O)O)C(=O)O. The first-order chi connectivity index (χ1) is 14.8. The maximum Gasteiger partial charge on any atom is 0.326 e. The summed E-state index contributed by atoms with van der Waals surface area (Å²) in [6.45, 7) is 0. The molecule has 0 fully saturated rings. The Balaban J connectivity index is 3.43. The predicted molar refractivity (Wildman–Crippen MR) is 120 cm³/mol. The van der Waals surface area contributed by atoms with Crippen LogP contribution in [-0.2, 0) is 19.2 Å². The van der Waals surface area contributed by atoms with Crippen LogP contribution in [0.15, 0.2) is 0 Å². The van der Waals surface area contributed by atoms with Crippen LogP contribution < -0.4 is 11.1 Å². The second kappa shape index (κ2) is 19.8. The Morgan fingerprint density at radius 3 is 1.35 bits per heavy atom. The lowest BCUT2D eigenvalue weighted by atomic mass is 10.0. The molecule has 0 spiro atoms. The van der Waals surface area contributed by atoms with E-state index >= 15 is 0 Å². The zero-order valence-electron chi connectivity index (χ0n) is 18.9. The van der Waals surface area contributed by atoms with Crippen molar-refractivity contribution in [1.82, 2.24) is 5.32 Å². The quantitative estimate of drug-likeness (QED) is 0.185. The van der Waals surface area contributed by atoms with E-state index in [-0.39, 0.29) is 25.2 Å². The molecule has 31 heavy (non-hydrogen) atoms. The van der Waals surface area contributed by atoms with Crippen molar-refractivity contribution in [2.24, 2.45) is 5.73 Å². The van der Waals surface area contributed by atoms with Crippen LogP contribution >= 0.6 is 0 Å². The fraction of sp³-hybridized carbons (Fsp3) is 0.826. The van der Waals surface area contributed by atoms with Gasteiger partial charge in [0.05, 0.1) is 0 Å². The summed E-state index contributed by atoms with van der Waals surface area (Å²) in [5.41, 5.74) is 5.02. The molecule has 0 aliphatic rings. The number of unbranched alkanes of at least 4 members (excludes halogenated alkanes) is 13. The first kappa shape index (κ1) is 28.9. The van der Waals surface area contributed by atoms with Gasteiger partial charge in [-0.05, 0) is 19.3 Å². The van der Waals surface area contributed by atoms with Gasteiger partial charge in [-0.3, -0.25) is 14.4 Å². The normalized spacial score (nSPS) is 11.7. The molecule has 1 unspecified atom stereocenters. The Kier molecular flexibility index (Phi) is 18.5. The van der Waals surface area contributed by atoms with Crippen molar-refractivity contribution in [3.8, 4) is 0 Å². The molecule has 0 bridgehead atoms. The Hall–Kier alpha value is -2.12. The summed E-state index contributed by atoms with van der Waals surface area (Å²) in [5, 5.41) is 20.1. The standard InChI is InChI=1S/C23H42N2O6/c24-20(26)18-17-19(23(30)31)25-21(27)15-13-11-9-7-5-3-1-2-4-6-8-10-12-14-16-22(28)29/h19H,1-18H2,(H2,24,26)(H,25,27)(H,28,29)(H,30,31). The fourth-order valence-corrected chi connectivity index (χ4v) is 3.49. The van der Waals surface area contributed by atoms with Crippen LogP contribution in [0, 0.1) is 0 Å². The smallest absolute Gasteiger partial charge is 0.326 e. The molecule has 8 heteroatoms. The number of hydrogen-bond acceptors (Lipinski definition) is 4. The Bertz CT molecular complexity index is 524. The maximum absolute atomic E-state index is 11.8. The van der Waals surface area contributed by atoms with Gasteiger partial charge in [-0.1, -0.05) is 77.0 Å². The van der Waals surface area contributed by atoms with Gasteiger partial charge in [0.1, 0.15) is 6.04 Å². The summed E-state index contributed by atoms with van der Waals surface area (Å²) >= 11 is 0. The fourth-order valence-electron chi connectivity index (χ4n) is 3.49. The molecule has 180 valence electrons. The zero-order chi connectivity index (χ0) is 23.3. The summed E-state index contributed by atoms with van der Waals surface area (Å²) in [5.74, 6) is -2.72. The third-order valence-corrected chi connectivity index (χ3v) is 5.36. The molecule has 0 aromatic carbocycles. The van der Waals surface area contributed by atoms with Gasteiger partial charge >= 0.3 is 11.9 Å². The van der Waals surface area contributed by atoms with Crippen LogP contribution in [0.2, 0.25) is 0 Å². The number of carboxylic acid groups (broad SMARTS) is 2. The molecule has 0 heterocycles. The van der Waals surface area contributed by atoms with E-state index in [4.69, 9.17) is 15.9 Å². The van der Waals surface area contributed by atoms with Gasteiger partial charge in [0, 0.05) is 19.3 Å². The van der Waals surface area contributed by atoms with Crippen LogP contribution in [-0.4, -0.2) is 40.0 Å². The molecule has 0 aliphatic carbocycles. The maximum atomic E-state index is 11.8. The first-order valence-corrected chi connectivity index (χ1v) is 11.8. The van der Waals surface area contributed by atoms with Crippen LogP contribution in [0.1, 0.15) is 116 Å². The van der Waals surface area contributed by atoms with Crippen molar-refractivity contribution in [1.29, 1.82) is 0 Å². The molecule has 0 rings (SSSR count). The minimum Gasteiger partial charge on any atom is -0.481 e. The van der Waals surface area contributed by atoms with Crippen LogP contribution in [0.4, 0.5) is 0 Å². The predicted octanol–water partition coefficient (Wildman–Crippen LogP) is 4.15. The van der Waals surface area contributed by atoms with Crippen LogP contribution in [0.5, 0.6) is 0 Å². The van der Waals surface area contributed by atoms with Gasteiger partial charge < -0.3 is 21.3 Å². The lowest BCUT2D eigenvalue weighted by Gasteiger charge is -2.13. The van der Waals surface area contributed by atoms with Gasteiger partial charge in [-0.2, -0.15) is 0 Å². The largest absolute Gasteiger partial charge is 0.481 e. The second-order valence-corrected chi connectivity index (χ2v) is 8.31. The molecule has 0 aromatic heterocycles. The highest BCUT2D eigenvalue weighted by Gasteiger charge is 2.20. The molecule has 2 amide bonds. The Morgan fingerprint density at radius 2 is 1.00 bits per heavy atom. The summed E-state index contributed by atoms with van der Waals surface area (Å²) in [6.07, 6.45) is 16.1. The Labute approximate surface area is 186 Å². The van der Waals surface area contributed by atoms with Crippen molar-refractivity contribution >= 4 is 23.8 Å². The van der Waals surface area contributed by atoms with E-state index in [1.54, 1.807) is 0 Å². The number of nitrogens with one attached hydrogen (secondary N) is 1. The highest BCUT2D eigenvalue weighted by Crippen LogP contribution is 2.13. The Morgan fingerprint density at radius 1 is 0.613 bits per heavy atom. The van der Waals surface area contributed by atoms with E-state index in [0.717, 1.165) is 44.9 Å². The number of carbonyl (C=O) groups excluding carboxylic acids is 2. The molecule has 0 aliphatic heterocycles. The molecule has 1 atom stereocenters. The van der Waals surface area contributed by atoms with E-state index in [0.29, 0.717) is 6.42 Å². The van der Waals surface area contributed by atoms with Gasteiger partial charge in [0.2, 0.25) is 11.8 Å². The molecule has 0 aromatic rings. The van der Waals surface area contributed by atoms with E-state index < -0.39 is 23.9 Å². The number of primary amides is 1. The highest BCUT2D eigenvalue weighted by molar-refractivity contribution is 5.84. The number of carboxylic acids is 2. The molecule has 0 saturated heterocycles. The van der Waals surface area contributed by atoms with Crippen molar-refractivity contribution < 1.29 is 29.4 Å². The molecular weight excluding hydrogens is 400 g/mol. The molecular formula is C23H42N2O6. The monoisotopic (exact) mass is 442 g/mol. The van der Waals surface area contributed by atoms with Gasteiger partial charge in [-0.15, -0.1) is 0 Å². The van der Waals surface area contributed by atoms with E-state index in [1.165, 1.54) is 44.9 Å². The minimum atomic E-state index is -1.15. The summed E-state index contributed by atoms with van der Waals surface area (Å²) in [6, 6.07) is -1.06. The van der Waals surface area contributed by atoms with E-state index in [1.807, 2.05) is 0 Å². The number of rotatable bonds is 22. The van der Waals surface area contributed by atoms with E-state index in [2.05, 4.69) is 5.32 Å². The van der Waals surface area contributed by atoms with Crippen molar-refractivity contribution in [2.75, 3.05) is 0 Å². The molecule has 0 radical (unpaired) electrons. The van der Waals surface area contributed by atoms with Crippen molar-refractivity contribution in [3.05, 3.63) is 0 Å². The topological polar surface area (TPSA) is 147 Å². The molecule has 5 N–H and O–H groups in total. The third kappa shape index (κ3) is 20.9. The lowest BCUT2D eigenvalue weighted by molar-refractivity contribution is -0.142. The van der Waals surface area contributed by atoms with Crippen molar-refractivity contribution in [3.63, 3.8) is 0 Å². The van der Waals surface area contributed by atoms with E-state index in [9.17, 15) is 19.2 Å². The molecule has 8 nitrogen and oxygen atoms in total. The van der Waals surface area contributed by atoms with Gasteiger partial charge in [0.15, 0.2) is 0 Å². The highest BCUT2D eigenvalue weighted by atomic mass is 16.4.